The number of aliphatic carboxylic acids is 1. The summed E-state index contributed by atoms with van der Waals surface area (Å²) in [5, 5.41) is 21.2. The normalized spacial score (nSPS) is 21.1. The van der Waals surface area contributed by atoms with Crippen LogP contribution in [0.15, 0.2) is 24.3 Å². The summed E-state index contributed by atoms with van der Waals surface area (Å²) in [5.41, 5.74) is 0.792. The second-order valence-corrected chi connectivity index (χ2v) is 4.87. The average molecular weight is 294 g/mol. The van der Waals surface area contributed by atoms with Gasteiger partial charge in [-0.3, -0.25) is 0 Å². The van der Waals surface area contributed by atoms with Crippen molar-refractivity contribution in [3.8, 4) is 5.75 Å². The average Bonchev–Trinajstić information content (AvgIpc) is 2.87. The molecule has 21 heavy (non-hydrogen) atoms. The maximum Gasteiger partial charge on any atom is 0.326 e. The van der Waals surface area contributed by atoms with Crippen LogP contribution in [-0.4, -0.2) is 52.9 Å². The van der Waals surface area contributed by atoms with E-state index < -0.39 is 24.1 Å². The van der Waals surface area contributed by atoms with Crippen LogP contribution in [-0.2, 0) is 11.3 Å². The van der Waals surface area contributed by atoms with E-state index in [9.17, 15) is 14.7 Å². The number of para-hydroxylation sites is 1. The molecule has 1 saturated heterocycles. The number of aliphatic hydroxyl groups is 1. The molecular formula is C14H18N2O5. The first-order valence-corrected chi connectivity index (χ1v) is 6.60. The quantitative estimate of drug-likeness (QED) is 0.747. The Hall–Kier alpha value is -2.28. The SMILES string of the molecule is COc1ccccc1CNC(=O)N1C[C@@H](O)C[C@H]1C(=O)O. The summed E-state index contributed by atoms with van der Waals surface area (Å²) in [6, 6.07) is 5.74. The summed E-state index contributed by atoms with van der Waals surface area (Å²) in [5.74, 6) is -0.465. The summed E-state index contributed by atoms with van der Waals surface area (Å²) in [6.45, 7) is 0.247. The minimum atomic E-state index is -1.11. The molecule has 7 nitrogen and oxygen atoms in total. The third-order valence-electron chi connectivity index (χ3n) is 3.45. The first-order chi connectivity index (χ1) is 10.0. The Labute approximate surface area is 122 Å². The Balaban J connectivity index is 2.00. The highest BCUT2D eigenvalue weighted by atomic mass is 16.5. The Morgan fingerprint density at radius 1 is 1.43 bits per heavy atom. The van der Waals surface area contributed by atoms with Crippen LogP contribution in [0, 0.1) is 0 Å². The van der Waals surface area contributed by atoms with Crippen LogP contribution < -0.4 is 10.1 Å². The number of carbonyl (C=O) groups is 2. The molecule has 2 amide bonds. The number of rotatable bonds is 4. The number of urea groups is 1. The van der Waals surface area contributed by atoms with E-state index in [1.165, 1.54) is 7.11 Å². The molecule has 1 fully saturated rings. The zero-order chi connectivity index (χ0) is 15.4. The number of nitrogens with one attached hydrogen (secondary N) is 1. The number of β-amino-alcohol motifs (C(OH)–C–C–N with tert-alkyl or cyclic N) is 1. The number of amides is 2. The van der Waals surface area contributed by atoms with Crippen molar-refractivity contribution < 1.29 is 24.5 Å². The molecule has 0 spiro atoms. The van der Waals surface area contributed by atoms with E-state index >= 15 is 0 Å². The lowest BCUT2D eigenvalue weighted by Crippen LogP contribution is -2.45. The molecule has 7 heteroatoms. The van der Waals surface area contributed by atoms with Crippen LogP contribution in [0.3, 0.4) is 0 Å². The lowest BCUT2D eigenvalue weighted by atomic mass is 10.2. The van der Waals surface area contributed by atoms with Crippen LogP contribution in [0.4, 0.5) is 4.79 Å². The van der Waals surface area contributed by atoms with E-state index in [0.29, 0.717) is 5.75 Å². The van der Waals surface area contributed by atoms with Gasteiger partial charge in [0.2, 0.25) is 0 Å². The predicted octanol–water partition coefficient (Wildman–Crippen LogP) is 0.425. The number of methoxy groups -OCH3 is 1. The Morgan fingerprint density at radius 3 is 2.81 bits per heavy atom. The van der Waals surface area contributed by atoms with Crippen molar-refractivity contribution in [1.82, 2.24) is 10.2 Å². The number of carboxylic acid groups (broad SMARTS) is 1. The largest absolute Gasteiger partial charge is 0.496 e. The Bertz CT molecular complexity index is 534. The zero-order valence-electron chi connectivity index (χ0n) is 11.7. The topological polar surface area (TPSA) is 99.1 Å². The van der Waals surface area contributed by atoms with E-state index in [2.05, 4.69) is 5.32 Å². The van der Waals surface area contributed by atoms with Crippen molar-refractivity contribution in [2.24, 2.45) is 0 Å². The number of nitrogens with zero attached hydrogens (tertiary/aromatic N) is 1. The minimum Gasteiger partial charge on any atom is -0.496 e. The van der Waals surface area contributed by atoms with Gasteiger partial charge in [0.25, 0.3) is 0 Å². The van der Waals surface area contributed by atoms with Gasteiger partial charge in [0.05, 0.1) is 13.2 Å². The van der Waals surface area contributed by atoms with Gasteiger partial charge in [0.15, 0.2) is 0 Å². The summed E-state index contributed by atoms with van der Waals surface area (Å²) < 4.78 is 5.18. The number of hydrogen-bond acceptors (Lipinski definition) is 4. The zero-order valence-corrected chi connectivity index (χ0v) is 11.7. The van der Waals surface area contributed by atoms with Crippen LogP contribution in [0.5, 0.6) is 5.75 Å². The molecule has 0 bridgehead atoms. The first kappa shape index (κ1) is 15.1. The molecule has 0 unspecified atom stereocenters. The molecule has 2 rings (SSSR count). The molecule has 3 N–H and O–H groups in total. The third kappa shape index (κ3) is 3.43. The second kappa shape index (κ2) is 6.45. The van der Waals surface area contributed by atoms with Gasteiger partial charge in [-0.15, -0.1) is 0 Å². The maximum absolute atomic E-state index is 12.1. The minimum absolute atomic E-state index is 0.0225. The van der Waals surface area contributed by atoms with Gasteiger partial charge in [-0.05, 0) is 6.07 Å². The Morgan fingerprint density at radius 2 is 2.14 bits per heavy atom. The second-order valence-electron chi connectivity index (χ2n) is 4.87. The van der Waals surface area contributed by atoms with E-state index in [1.807, 2.05) is 18.2 Å². The Kier molecular flexibility index (Phi) is 4.64. The highest BCUT2D eigenvalue weighted by Gasteiger charge is 2.38. The highest BCUT2D eigenvalue weighted by molar-refractivity contribution is 5.83. The predicted molar refractivity (Wildman–Crippen MR) is 74.0 cm³/mol. The number of benzene rings is 1. The molecule has 0 radical (unpaired) electrons. The highest BCUT2D eigenvalue weighted by Crippen LogP contribution is 2.20. The van der Waals surface area contributed by atoms with Gasteiger partial charge in [-0.2, -0.15) is 0 Å². The number of aliphatic hydroxyl groups excluding tert-OH is 1. The van der Waals surface area contributed by atoms with E-state index in [1.54, 1.807) is 6.07 Å². The first-order valence-electron chi connectivity index (χ1n) is 6.60. The van der Waals surface area contributed by atoms with Crippen molar-refractivity contribution in [3.63, 3.8) is 0 Å². The lowest BCUT2D eigenvalue weighted by Gasteiger charge is -2.21. The van der Waals surface area contributed by atoms with Gasteiger partial charge in [-0.1, -0.05) is 18.2 Å². The smallest absolute Gasteiger partial charge is 0.326 e. The van der Waals surface area contributed by atoms with Crippen LogP contribution in [0.1, 0.15) is 12.0 Å². The molecule has 0 aromatic heterocycles. The van der Waals surface area contributed by atoms with Crippen LogP contribution >= 0.6 is 0 Å². The summed E-state index contributed by atoms with van der Waals surface area (Å²) in [7, 11) is 1.54. The molecule has 0 aliphatic carbocycles. The number of carboxylic acids is 1. The molecule has 1 aromatic carbocycles. The lowest BCUT2D eigenvalue weighted by molar-refractivity contribution is -0.141. The number of ether oxygens (including phenoxy) is 1. The van der Waals surface area contributed by atoms with Gasteiger partial charge in [0.1, 0.15) is 11.8 Å². The molecular weight excluding hydrogens is 276 g/mol. The van der Waals surface area contributed by atoms with Crippen molar-refractivity contribution in [2.75, 3.05) is 13.7 Å². The van der Waals surface area contributed by atoms with Gasteiger partial charge in [-0.25, -0.2) is 9.59 Å². The van der Waals surface area contributed by atoms with Crippen molar-refractivity contribution in [2.45, 2.75) is 25.1 Å². The standard InChI is InChI=1S/C14H18N2O5/c1-21-12-5-3-2-4-9(12)7-15-14(20)16-8-10(17)6-11(16)13(18)19/h2-5,10-11,17H,6-8H2,1H3,(H,15,20)(H,18,19)/t10-,11-/m0/s1. The fourth-order valence-electron chi connectivity index (χ4n) is 2.39. The summed E-state index contributed by atoms with van der Waals surface area (Å²) in [4.78, 5) is 24.3. The monoisotopic (exact) mass is 294 g/mol. The molecule has 1 heterocycles. The summed E-state index contributed by atoms with van der Waals surface area (Å²) in [6.07, 6.45) is -0.750. The molecule has 1 aliphatic heterocycles. The number of carbonyl (C=O) groups excluding carboxylic acids is 1. The summed E-state index contributed by atoms with van der Waals surface area (Å²) >= 11 is 0. The maximum atomic E-state index is 12.1. The van der Waals surface area contributed by atoms with E-state index in [4.69, 9.17) is 9.84 Å². The van der Waals surface area contributed by atoms with Gasteiger partial charge >= 0.3 is 12.0 Å². The van der Waals surface area contributed by atoms with Crippen molar-refractivity contribution in [3.05, 3.63) is 29.8 Å². The number of hydrogen-bond donors (Lipinski definition) is 3. The van der Waals surface area contributed by atoms with Crippen molar-refractivity contribution >= 4 is 12.0 Å². The molecule has 2 atom stereocenters. The fraction of sp³-hybridized carbons (Fsp3) is 0.429. The van der Waals surface area contributed by atoms with Gasteiger partial charge < -0.3 is 25.2 Å². The van der Waals surface area contributed by atoms with Crippen LogP contribution in [0.2, 0.25) is 0 Å². The molecule has 114 valence electrons. The molecule has 1 aromatic rings. The fourth-order valence-corrected chi connectivity index (χ4v) is 2.39. The van der Waals surface area contributed by atoms with E-state index in [0.717, 1.165) is 10.5 Å². The number of likely N-dealkylation sites (tertiary alicyclic amines) is 1. The third-order valence-corrected chi connectivity index (χ3v) is 3.45. The molecule has 0 saturated carbocycles. The van der Waals surface area contributed by atoms with Crippen molar-refractivity contribution in [1.29, 1.82) is 0 Å². The van der Waals surface area contributed by atoms with E-state index in [-0.39, 0.29) is 19.5 Å². The van der Waals surface area contributed by atoms with Gasteiger partial charge in [0, 0.05) is 25.1 Å². The van der Waals surface area contributed by atoms with Crippen LogP contribution in [0.25, 0.3) is 0 Å². The molecule has 1 aliphatic rings.